The van der Waals surface area contributed by atoms with Gasteiger partial charge in [0.15, 0.2) is 0 Å². The van der Waals surface area contributed by atoms with Crippen molar-refractivity contribution in [3.05, 3.63) is 112 Å². The van der Waals surface area contributed by atoms with Gasteiger partial charge in [-0.15, -0.1) is 5.10 Å². The number of hydrogen-bond donors (Lipinski definition) is 0. The molecule has 7 rings (SSSR count). The summed E-state index contributed by atoms with van der Waals surface area (Å²) in [4.78, 5) is 33.4. The number of carbonyl (C=O) groups excluding carboxylic acids is 2. The van der Waals surface area contributed by atoms with Crippen LogP contribution in [0.4, 0.5) is 4.79 Å². The summed E-state index contributed by atoms with van der Waals surface area (Å²) < 4.78 is 43.0. The molecule has 5 aromatic rings. The molecule has 0 N–H and O–H groups in total. The molecule has 1 saturated heterocycles. The molecule has 1 fully saturated rings. The second-order valence-electron chi connectivity index (χ2n) is 13.9. The summed E-state index contributed by atoms with van der Waals surface area (Å²) in [5, 5.41) is 8.84. The van der Waals surface area contributed by atoms with E-state index < -0.39 is 34.0 Å². The lowest BCUT2D eigenvalue weighted by Gasteiger charge is -2.30. The minimum Gasteiger partial charge on any atom is -0.472 e. The van der Waals surface area contributed by atoms with Crippen molar-refractivity contribution in [2.75, 3.05) is 13.2 Å². The number of aromatic nitrogens is 4. The maximum absolute atomic E-state index is 14.6. The van der Waals surface area contributed by atoms with Crippen molar-refractivity contribution in [2.45, 2.75) is 83.5 Å². The van der Waals surface area contributed by atoms with Crippen LogP contribution in [0.1, 0.15) is 66.5 Å². The molecular formula is C40H44N6O6S. The van der Waals surface area contributed by atoms with Gasteiger partial charge in [0.05, 0.1) is 18.1 Å². The Hall–Kier alpha value is -5.14. The van der Waals surface area contributed by atoms with Crippen molar-refractivity contribution in [3.63, 3.8) is 0 Å². The van der Waals surface area contributed by atoms with E-state index in [-0.39, 0.29) is 42.5 Å². The van der Waals surface area contributed by atoms with Crippen LogP contribution in [0.5, 0.6) is 5.88 Å². The van der Waals surface area contributed by atoms with Gasteiger partial charge in [-0.05, 0) is 85.2 Å². The van der Waals surface area contributed by atoms with Crippen LogP contribution in [-0.2, 0) is 39.1 Å². The topological polar surface area (TPSA) is 137 Å². The molecule has 2 unspecified atom stereocenters. The summed E-state index contributed by atoms with van der Waals surface area (Å²) in [5.41, 5.74) is 6.85. The van der Waals surface area contributed by atoms with Crippen LogP contribution in [0.3, 0.4) is 0 Å². The number of imide groups is 1. The molecule has 12 nitrogen and oxygen atoms in total. The molecule has 0 saturated carbocycles. The highest BCUT2D eigenvalue weighted by Gasteiger charge is 2.43. The van der Waals surface area contributed by atoms with Gasteiger partial charge in [-0.3, -0.25) is 4.79 Å². The van der Waals surface area contributed by atoms with Crippen LogP contribution in [0.2, 0.25) is 0 Å². The third-order valence-corrected chi connectivity index (χ3v) is 12.4. The molecule has 0 bridgehead atoms. The van der Waals surface area contributed by atoms with Gasteiger partial charge in [-0.25, -0.2) is 27.8 Å². The van der Waals surface area contributed by atoms with Crippen molar-refractivity contribution in [1.29, 1.82) is 0 Å². The summed E-state index contributed by atoms with van der Waals surface area (Å²) in [5.74, 6) is -1.48. The van der Waals surface area contributed by atoms with Gasteiger partial charge in [-0.2, -0.15) is 4.31 Å². The molecule has 3 aromatic carbocycles. The van der Waals surface area contributed by atoms with E-state index in [1.165, 1.54) is 21.5 Å². The van der Waals surface area contributed by atoms with Crippen molar-refractivity contribution in [1.82, 2.24) is 29.2 Å². The number of benzene rings is 3. The summed E-state index contributed by atoms with van der Waals surface area (Å²) in [6, 6.07) is 22.3. The Morgan fingerprint density at radius 3 is 2.57 bits per heavy atom. The van der Waals surface area contributed by atoms with Crippen LogP contribution in [0.25, 0.3) is 11.0 Å². The minimum absolute atomic E-state index is 0.0356. The zero-order chi connectivity index (χ0) is 37.4. The number of rotatable bonds is 10. The molecule has 2 aliphatic rings. The van der Waals surface area contributed by atoms with Crippen LogP contribution in [0.15, 0.2) is 83.9 Å². The predicted octanol–water partition coefficient (Wildman–Crippen LogP) is 6.18. The molecule has 276 valence electrons. The SMILES string of the molecule is CC[C@@H]1CN(Cc2cc(C(c3ccc4c(nnn4CC)c3C)C(C)C(=O)N3C(=O)OC[C@H]3Cc3ccccc3)ccc2C)S(=O)(=O)c2cccnc2O1. The van der Waals surface area contributed by atoms with Crippen LogP contribution in [0, 0.1) is 19.8 Å². The molecular weight excluding hydrogens is 693 g/mol. The number of nitrogens with zero attached hydrogens (tertiary/aromatic N) is 6. The number of aryl methyl sites for hydroxylation is 3. The smallest absolute Gasteiger partial charge is 0.416 e. The number of amides is 2. The van der Waals surface area contributed by atoms with Gasteiger partial charge >= 0.3 is 6.09 Å². The normalized spacial score (nSPS) is 19.6. The minimum atomic E-state index is -3.96. The molecule has 0 aliphatic carbocycles. The Bertz CT molecular complexity index is 2280. The largest absolute Gasteiger partial charge is 0.472 e. The van der Waals surface area contributed by atoms with E-state index in [1.54, 1.807) is 6.07 Å². The van der Waals surface area contributed by atoms with E-state index in [0.29, 0.717) is 19.4 Å². The van der Waals surface area contributed by atoms with Gasteiger partial charge in [-0.1, -0.05) is 73.7 Å². The van der Waals surface area contributed by atoms with Crippen molar-refractivity contribution in [3.8, 4) is 5.88 Å². The van der Waals surface area contributed by atoms with Gasteiger partial charge in [0, 0.05) is 31.1 Å². The maximum atomic E-state index is 14.6. The first-order valence-corrected chi connectivity index (χ1v) is 19.5. The first-order chi connectivity index (χ1) is 25.5. The van der Waals surface area contributed by atoms with E-state index in [1.807, 2.05) is 100.0 Å². The van der Waals surface area contributed by atoms with E-state index in [2.05, 4.69) is 15.3 Å². The first-order valence-electron chi connectivity index (χ1n) is 18.1. The lowest BCUT2D eigenvalue weighted by atomic mass is 9.78. The number of fused-ring (bicyclic) bond motifs is 2. The molecule has 2 aromatic heterocycles. The predicted molar refractivity (Wildman–Crippen MR) is 199 cm³/mol. The molecule has 0 spiro atoms. The fraction of sp³-hybridized carbons (Fsp3) is 0.375. The second-order valence-corrected chi connectivity index (χ2v) is 15.8. The summed E-state index contributed by atoms with van der Waals surface area (Å²) in [7, 11) is -3.96. The molecule has 0 radical (unpaired) electrons. The molecule has 53 heavy (non-hydrogen) atoms. The number of hydrogen-bond acceptors (Lipinski definition) is 9. The number of cyclic esters (lactones) is 1. The third-order valence-electron chi connectivity index (χ3n) is 10.6. The highest BCUT2D eigenvalue weighted by Crippen LogP contribution is 2.39. The first kappa shape index (κ1) is 36.2. The monoisotopic (exact) mass is 736 g/mol. The Morgan fingerprint density at radius 2 is 1.81 bits per heavy atom. The fourth-order valence-corrected chi connectivity index (χ4v) is 9.07. The Balaban J connectivity index is 1.30. The average Bonchev–Trinajstić information content (AvgIpc) is 3.73. The lowest BCUT2D eigenvalue weighted by Crippen LogP contribution is -2.44. The van der Waals surface area contributed by atoms with Crippen LogP contribution in [-0.4, -0.2) is 74.9 Å². The van der Waals surface area contributed by atoms with Crippen molar-refractivity contribution < 1.29 is 27.5 Å². The zero-order valence-corrected chi connectivity index (χ0v) is 31.4. The summed E-state index contributed by atoms with van der Waals surface area (Å²) in [6.07, 6.45) is 1.56. The zero-order valence-electron chi connectivity index (χ0n) is 30.6. The molecule has 2 amide bonds. The third kappa shape index (κ3) is 6.79. The Labute approximate surface area is 309 Å². The molecule has 4 atom stereocenters. The van der Waals surface area contributed by atoms with Crippen molar-refractivity contribution >= 4 is 33.1 Å². The van der Waals surface area contributed by atoms with Gasteiger partial charge in [0.1, 0.15) is 23.1 Å². The number of sulfonamides is 1. The van der Waals surface area contributed by atoms with Gasteiger partial charge < -0.3 is 9.47 Å². The highest BCUT2D eigenvalue weighted by atomic mass is 32.2. The van der Waals surface area contributed by atoms with Gasteiger partial charge in [0.2, 0.25) is 21.8 Å². The Kier molecular flexibility index (Phi) is 10.1. The van der Waals surface area contributed by atoms with E-state index in [9.17, 15) is 18.0 Å². The second kappa shape index (κ2) is 14.7. The van der Waals surface area contributed by atoms with E-state index in [0.717, 1.165) is 44.4 Å². The molecule has 4 heterocycles. The van der Waals surface area contributed by atoms with E-state index in [4.69, 9.17) is 9.47 Å². The number of carbonyl (C=O) groups is 2. The standard InChI is InChI=1S/C40H44N6O6S/c1-6-32-23-44(53(49,50)35-14-11-19-41-38(35)52-32)22-30-21-29(16-15-25(30)3)36(33-17-18-34-37(26(33)4)42-43-45(34)7-2)27(5)39(47)46-31(24-51-40(46)48)20-28-12-9-8-10-13-28/h8-19,21,27,31-32,36H,6-7,20,22-24H2,1-5H3/t27?,31-,32-,36?/m1/s1. The molecule has 13 heteroatoms. The summed E-state index contributed by atoms with van der Waals surface area (Å²) >= 11 is 0. The summed E-state index contributed by atoms with van der Waals surface area (Å²) in [6.45, 7) is 10.7. The van der Waals surface area contributed by atoms with Crippen LogP contribution < -0.4 is 4.74 Å². The van der Waals surface area contributed by atoms with Gasteiger partial charge in [0.25, 0.3) is 0 Å². The lowest BCUT2D eigenvalue weighted by molar-refractivity contribution is -0.133. The number of pyridine rings is 1. The Morgan fingerprint density at radius 1 is 1.02 bits per heavy atom. The quantitative estimate of drug-likeness (QED) is 0.165. The van der Waals surface area contributed by atoms with Crippen molar-refractivity contribution in [2.24, 2.45) is 5.92 Å². The fourth-order valence-electron chi connectivity index (χ4n) is 7.55. The van der Waals surface area contributed by atoms with Crippen LogP contribution >= 0.6 is 0 Å². The molecule has 2 aliphatic heterocycles. The average molecular weight is 737 g/mol. The highest BCUT2D eigenvalue weighted by molar-refractivity contribution is 7.89. The number of ether oxygens (including phenoxy) is 2. The van der Waals surface area contributed by atoms with E-state index >= 15 is 0 Å². The maximum Gasteiger partial charge on any atom is 0.416 e.